The van der Waals surface area contributed by atoms with Gasteiger partial charge in [0.2, 0.25) is 0 Å². The number of likely N-dealkylation sites (tertiary alicyclic amines) is 2. The van der Waals surface area contributed by atoms with Crippen LogP contribution in [0.15, 0.2) is 4.99 Å². The number of aliphatic imine (C=N–C) groups is 1. The molecule has 3 rings (SSSR count). The first-order valence-corrected chi connectivity index (χ1v) is 8.38. The molecule has 2 saturated heterocycles. The van der Waals surface area contributed by atoms with Crippen molar-refractivity contribution in [2.24, 2.45) is 10.4 Å². The minimum absolute atomic E-state index is 0. The normalized spacial score (nSPS) is 29.1. The predicted molar refractivity (Wildman–Crippen MR) is 99.5 cm³/mol. The van der Waals surface area contributed by atoms with Gasteiger partial charge in [0.1, 0.15) is 0 Å². The zero-order valence-corrected chi connectivity index (χ0v) is 15.9. The summed E-state index contributed by atoms with van der Waals surface area (Å²) in [6.45, 7) is 4.72. The number of halogens is 1. The lowest BCUT2D eigenvalue weighted by atomic mass is 9.86. The highest BCUT2D eigenvalue weighted by Gasteiger charge is 2.41. The summed E-state index contributed by atoms with van der Waals surface area (Å²) in [5, 5.41) is 3.62. The summed E-state index contributed by atoms with van der Waals surface area (Å²) in [5.74, 6) is 1.13. The van der Waals surface area contributed by atoms with E-state index in [2.05, 4.69) is 27.2 Å². The maximum absolute atomic E-state index is 4.52. The molecule has 122 valence electrons. The number of hydrogen-bond donors (Lipinski definition) is 1. The van der Waals surface area contributed by atoms with Crippen molar-refractivity contribution in [1.82, 2.24) is 15.1 Å². The molecular formula is C16H31IN4. The van der Waals surface area contributed by atoms with Crippen LogP contribution in [0.25, 0.3) is 0 Å². The largest absolute Gasteiger partial charge is 0.355 e. The zero-order chi connectivity index (χ0) is 14.0. The van der Waals surface area contributed by atoms with Crippen LogP contribution in [-0.4, -0.2) is 62.1 Å². The Morgan fingerprint density at radius 3 is 2.57 bits per heavy atom. The van der Waals surface area contributed by atoms with Crippen molar-refractivity contribution in [3.8, 4) is 0 Å². The molecule has 0 aromatic rings. The maximum atomic E-state index is 4.52. The smallest absolute Gasteiger partial charge is 0.193 e. The second-order valence-corrected chi connectivity index (χ2v) is 7.08. The molecule has 3 fully saturated rings. The van der Waals surface area contributed by atoms with Gasteiger partial charge in [-0.05, 0) is 51.1 Å². The number of nitrogens with one attached hydrogen (secondary N) is 1. The van der Waals surface area contributed by atoms with Gasteiger partial charge in [0.25, 0.3) is 0 Å². The summed E-state index contributed by atoms with van der Waals surface area (Å²) in [6, 6.07) is 0.690. The molecule has 1 saturated carbocycles. The number of hydrogen-bond acceptors (Lipinski definition) is 2. The van der Waals surface area contributed by atoms with Gasteiger partial charge in [0, 0.05) is 32.7 Å². The Morgan fingerprint density at radius 2 is 1.95 bits per heavy atom. The first-order valence-electron chi connectivity index (χ1n) is 8.38. The van der Waals surface area contributed by atoms with E-state index in [1.807, 2.05) is 7.05 Å². The van der Waals surface area contributed by atoms with Crippen molar-refractivity contribution in [2.45, 2.75) is 51.0 Å². The molecule has 0 aromatic heterocycles. The number of nitrogens with zero attached hydrogens (tertiary/aromatic N) is 3. The van der Waals surface area contributed by atoms with Gasteiger partial charge in [0.05, 0.1) is 0 Å². The molecule has 4 nitrogen and oxygen atoms in total. The van der Waals surface area contributed by atoms with Crippen LogP contribution in [-0.2, 0) is 0 Å². The Bertz CT molecular complexity index is 365. The number of guanidine groups is 1. The van der Waals surface area contributed by atoms with Crippen LogP contribution in [0, 0.1) is 5.41 Å². The van der Waals surface area contributed by atoms with E-state index in [0.29, 0.717) is 11.5 Å². The Hall–Kier alpha value is -0.0400. The van der Waals surface area contributed by atoms with E-state index >= 15 is 0 Å². The van der Waals surface area contributed by atoms with Gasteiger partial charge in [-0.25, -0.2) is 0 Å². The van der Waals surface area contributed by atoms with Crippen LogP contribution in [0.2, 0.25) is 0 Å². The third-order valence-electron chi connectivity index (χ3n) is 5.78. The molecule has 21 heavy (non-hydrogen) atoms. The molecule has 5 heteroatoms. The fraction of sp³-hybridized carbons (Fsp3) is 0.938. The molecule has 1 N–H and O–H groups in total. The van der Waals surface area contributed by atoms with Gasteiger partial charge >= 0.3 is 0 Å². The van der Waals surface area contributed by atoms with Crippen LogP contribution in [0.5, 0.6) is 0 Å². The number of likely N-dealkylation sites (N-methyl/N-ethyl adjacent to an activating group) is 1. The van der Waals surface area contributed by atoms with Crippen LogP contribution in [0.4, 0.5) is 0 Å². The molecule has 0 bridgehead atoms. The third-order valence-corrected chi connectivity index (χ3v) is 5.78. The molecule has 2 heterocycles. The Morgan fingerprint density at radius 1 is 1.19 bits per heavy atom. The Labute approximate surface area is 146 Å². The van der Waals surface area contributed by atoms with E-state index in [4.69, 9.17) is 0 Å². The molecule has 1 aliphatic carbocycles. The topological polar surface area (TPSA) is 30.9 Å². The minimum atomic E-state index is 0. The maximum Gasteiger partial charge on any atom is 0.193 e. The lowest BCUT2D eigenvalue weighted by molar-refractivity contribution is 0.297. The number of rotatable bonds is 2. The Balaban J connectivity index is 0.00000161. The van der Waals surface area contributed by atoms with Crippen molar-refractivity contribution < 1.29 is 0 Å². The van der Waals surface area contributed by atoms with Gasteiger partial charge in [-0.3, -0.25) is 4.99 Å². The SMILES string of the molecule is CN=C(NCC1CCCN1C)N1CCC2(CCCC2)C1.I. The van der Waals surface area contributed by atoms with Crippen molar-refractivity contribution >= 4 is 29.9 Å². The fourth-order valence-corrected chi connectivity index (χ4v) is 4.43. The van der Waals surface area contributed by atoms with Gasteiger partial charge < -0.3 is 15.1 Å². The Kier molecular flexibility index (Phi) is 6.17. The highest BCUT2D eigenvalue weighted by atomic mass is 127. The molecule has 1 unspecified atom stereocenters. The quantitative estimate of drug-likeness (QED) is 0.435. The lowest BCUT2D eigenvalue weighted by Crippen LogP contribution is -2.45. The average Bonchev–Trinajstić information content (AvgIpc) is 3.16. The summed E-state index contributed by atoms with van der Waals surface area (Å²) in [4.78, 5) is 9.50. The zero-order valence-electron chi connectivity index (χ0n) is 13.6. The highest BCUT2D eigenvalue weighted by molar-refractivity contribution is 14.0. The monoisotopic (exact) mass is 406 g/mol. The second-order valence-electron chi connectivity index (χ2n) is 7.08. The standard InChI is InChI=1S/C16H30N4.HI/c1-17-15(18-12-14-6-5-10-19(14)2)20-11-9-16(13-20)7-3-4-8-16;/h14H,3-13H2,1-2H3,(H,17,18);1H. The summed E-state index contributed by atoms with van der Waals surface area (Å²) < 4.78 is 0. The van der Waals surface area contributed by atoms with Crippen LogP contribution in [0.3, 0.4) is 0 Å². The van der Waals surface area contributed by atoms with Crippen LogP contribution in [0.1, 0.15) is 44.9 Å². The second kappa shape index (κ2) is 7.49. The van der Waals surface area contributed by atoms with Crippen molar-refractivity contribution in [3.05, 3.63) is 0 Å². The summed E-state index contributed by atoms with van der Waals surface area (Å²) in [7, 11) is 4.17. The summed E-state index contributed by atoms with van der Waals surface area (Å²) >= 11 is 0. The molecule has 2 aliphatic heterocycles. The van der Waals surface area contributed by atoms with E-state index in [1.165, 1.54) is 64.6 Å². The third kappa shape index (κ3) is 3.84. The van der Waals surface area contributed by atoms with E-state index in [1.54, 1.807) is 0 Å². The van der Waals surface area contributed by atoms with Crippen LogP contribution >= 0.6 is 24.0 Å². The first kappa shape index (κ1) is 17.3. The summed E-state index contributed by atoms with van der Waals surface area (Å²) in [6.07, 6.45) is 9.78. The molecule has 1 atom stereocenters. The molecule has 1 spiro atoms. The van der Waals surface area contributed by atoms with Crippen molar-refractivity contribution in [1.29, 1.82) is 0 Å². The van der Waals surface area contributed by atoms with E-state index in [-0.39, 0.29) is 24.0 Å². The molecule has 0 amide bonds. The average molecular weight is 406 g/mol. The van der Waals surface area contributed by atoms with Gasteiger partial charge in [-0.2, -0.15) is 0 Å². The predicted octanol–water partition coefficient (Wildman–Crippen LogP) is 2.54. The molecule has 3 aliphatic rings. The summed E-state index contributed by atoms with van der Waals surface area (Å²) in [5.41, 5.74) is 0.627. The molecule has 0 radical (unpaired) electrons. The van der Waals surface area contributed by atoms with Crippen molar-refractivity contribution in [3.63, 3.8) is 0 Å². The van der Waals surface area contributed by atoms with Gasteiger partial charge in [-0.1, -0.05) is 12.8 Å². The first-order chi connectivity index (χ1) is 9.72. The lowest BCUT2D eigenvalue weighted by Gasteiger charge is -2.27. The van der Waals surface area contributed by atoms with Gasteiger partial charge in [-0.15, -0.1) is 24.0 Å². The fourth-order valence-electron chi connectivity index (χ4n) is 4.43. The highest BCUT2D eigenvalue weighted by Crippen LogP contribution is 2.45. The van der Waals surface area contributed by atoms with Crippen molar-refractivity contribution in [2.75, 3.05) is 40.3 Å². The van der Waals surface area contributed by atoms with E-state index in [0.717, 1.165) is 12.5 Å². The molecular weight excluding hydrogens is 375 g/mol. The van der Waals surface area contributed by atoms with Crippen LogP contribution < -0.4 is 5.32 Å². The van der Waals surface area contributed by atoms with Gasteiger partial charge in [0.15, 0.2) is 5.96 Å². The molecule has 0 aromatic carbocycles. The minimum Gasteiger partial charge on any atom is -0.355 e. The van der Waals surface area contributed by atoms with E-state index < -0.39 is 0 Å². The van der Waals surface area contributed by atoms with E-state index in [9.17, 15) is 0 Å².